The summed E-state index contributed by atoms with van der Waals surface area (Å²) in [6.07, 6.45) is 8.59. The molecule has 0 radical (unpaired) electrons. The third kappa shape index (κ3) is 3.71. The largest absolute Gasteiger partial charge is 0.343 e. The van der Waals surface area contributed by atoms with Crippen molar-refractivity contribution >= 4 is 34.8 Å². The topological polar surface area (TPSA) is 58.1 Å². The summed E-state index contributed by atoms with van der Waals surface area (Å²) in [6.45, 7) is 1.87. The molecule has 0 aromatic carbocycles. The SMILES string of the molecule is O=C(NC(c1cccs1)C1CCCC1)c1nc(N2CCCC2)ncc1Cl. The lowest BCUT2D eigenvalue weighted by atomic mass is 9.96. The maximum atomic E-state index is 13.0. The minimum atomic E-state index is -0.205. The van der Waals surface area contributed by atoms with E-state index in [1.165, 1.54) is 17.7 Å². The molecule has 1 saturated carbocycles. The predicted octanol–water partition coefficient (Wildman–Crippen LogP) is 4.45. The van der Waals surface area contributed by atoms with Gasteiger partial charge in [0.1, 0.15) is 0 Å². The molecule has 1 unspecified atom stereocenters. The van der Waals surface area contributed by atoms with Crippen molar-refractivity contribution in [3.8, 4) is 0 Å². The predicted molar refractivity (Wildman–Crippen MR) is 105 cm³/mol. The van der Waals surface area contributed by atoms with E-state index in [9.17, 15) is 4.79 Å². The van der Waals surface area contributed by atoms with Crippen LogP contribution in [0.4, 0.5) is 5.95 Å². The van der Waals surface area contributed by atoms with Gasteiger partial charge in [-0.05, 0) is 43.0 Å². The summed E-state index contributed by atoms with van der Waals surface area (Å²) < 4.78 is 0. The number of aromatic nitrogens is 2. The van der Waals surface area contributed by atoms with Gasteiger partial charge in [-0.2, -0.15) is 0 Å². The molecule has 2 aromatic heterocycles. The second-order valence-corrected chi connectivity index (χ2v) is 8.46. The zero-order valence-corrected chi connectivity index (χ0v) is 16.2. The summed E-state index contributed by atoms with van der Waals surface area (Å²) in [4.78, 5) is 25.1. The Morgan fingerprint density at radius 3 is 2.73 bits per heavy atom. The van der Waals surface area contributed by atoms with Crippen molar-refractivity contribution in [3.05, 3.63) is 39.3 Å². The summed E-state index contributed by atoms with van der Waals surface area (Å²) >= 11 is 7.96. The quantitative estimate of drug-likeness (QED) is 0.819. The lowest BCUT2D eigenvalue weighted by Crippen LogP contribution is -2.33. The monoisotopic (exact) mass is 390 g/mol. The highest BCUT2D eigenvalue weighted by Crippen LogP contribution is 2.37. The number of nitrogens with zero attached hydrogens (tertiary/aromatic N) is 3. The number of anilines is 1. The Balaban J connectivity index is 1.56. The van der Waals surface area contributed by atoms with E-state index in [1.54, 1.807) is 17.5 Å². The summed E-state index contributed by atoms with van der Waals surface area (Å²) in [7, 11) is 0. The van der Waals surface area contributed by atoms with Gasteiger partial charge in [-0.25, -0.2) is 9.97 Å². The van der Waals surface area contributed by atoms with Crippen molar-refractivity contribution in [2.24, 2.45) is 5.92 Å². The molecule has 1 aliphatic carbocycles. The van der Waals surface area contributed by atoms with Crippen molar-refractivity contribution in [1.29, 1.82) is 0 Å². The highest BCUT2D eigenvalue weighted by Gasteiger charge is 2.30. The molecule has 5 nitrogen and oxygen atoms in total. The van der Waals surface area contributed by atoms with Crippen LogP contribution in [0.5, 0.6) is 0 Å². The molecule has 1 saturated heterocycles. The van der Waals surface area contributed by atoms with E-state index >= 15 is 0 Å². The number of hydrogen-bond donors (Lipinski definition) is 1. The van der Waals surface area contributed by atoms with Gasteiger partial charge in [0.25, 0.3) is 5.91 Å². The molecule has 1 amide bonds. The van der Waals surface area contributed by atoms with Crippen molar-refractivity contribution in [1.82, 2.24) is 15.3 Å². The molecule has 138 valence electrons. The van der Waals surface area contributed by atoms with Gasteiger partial charge in [-0.3, -0.25) is 4.79 Å². The maximum Gasteiger partial charge on any atom is 0.272 e. The number of hydrogen-bond acceptors (Lipinski definition) is 5. The number of halogens is 1. The molecule has 1 N–H and O–H groups in total. The first-order valence-electron chi connectivity index (χ1n) is 9.34. The number of rotatable bonds is 5. The molecule has 1 atom stereocenters. The van der Waals surface area contributed by atoms with Gasteiger partial charge < -0.3 is 10.2 Å². The van der Waals surface area contributed by atoms with E-state index in [-0.39, 0.29) is 17.6 Å². The molecule has 7 heteroatoms. The third-order valence-corrected chi connectivity index (χ3v) is 6.57. The summed E-state index contributed by atoms with van der Waals surface area (Å²) in [5, 5.41) is 5.58. The number of nitrogens with one attached hydrogen (secondary N) is 1. The second-order valence-electron chi connectivity index (χ2n) is 7.07. The van der Waals surface area contributed by atoms with Gasteiger partial charge in [0.2, 0.25) is 5.95 Å². The Labute approximate surface area is 162 Å². The second kappa shape index (κ2) is 7.92. The zero-order chi connectivity index (χ0) is 17.9. The molecular weight excluding hydrogens is 368 g/mol. The van der Waals surface area contributed by atoms with E-state index in [0.29, 0.717) is 16.9 Å². The van der Waals surface area contributed by atoms with Crippen LogP contribution in [0.3, 0.4) is 0 Å². The Morgan fingerprint density at radius 1 is 1.27 bits per heavy atom. The minimum absolute atomic E-state index is 0.0336. The van der Waals surface area contributed by atoms with Crippen molar-refractivity contribution in [3.63, 3.8) is 0 Å². The molecule has 2 aromatic rings. The lowest BCUT2D eigenvalue weighted by Gasteiger charge is -2.24. The first-order chi connectivity index (χ1) is 12.7. The van der Waals surface area contributed by atoms with E-state index in [0.717, 1.165) is 38.8 Å². The van der Waals surface area contributed by atoms with Crippen LogP contribution in [0.1, 0.15) is 59.9 Å². The zero-order valence-electron chi connectivity index (χ0n) is 14.7. The molecule has 0 bridgehead atoms. The van der Waals surface area contributed by atoms with Gasteiger partial charge >= 0.3 is 0 Å². The molecule has 2 aliphatic rings. The average Bonchev–Trinajstić information content (AvgIpc) is 3.43. The first kappa shape index (κ1) is 17.7. The van der Waals surface area contributed by atoms with Crippen LogP contribution in [-0.2, 0) is 0 Å². The fourth-order valence-electron chi connectivity index (χ4n) is 3.98. The minimum Gasteiger partial charge on any atom is -0.343 e. The van der Waals surface area contributed by atoms with E-state index in [4.69, 9.17) is 11.6 Å². The number of thiophene rings is 1. The van der Waals surface area contributed by atoms with E-state index in [1.807, 2.05) is 6.07 Å². The fourth-order valence-corrected chi connectivity index (χ4v) is 5.02. The normalized spacial score (nSPS) is 19.0. The molecular formula is C19H23ClN4OS. The van der Waals surface area contributed by atoms with Crippen LogP contribution in [0.2, 0.25) is 5.02 Å². The van der Waals surface area contributed by atoms with E-state index < -0.39 is 0 Å². The number of carbonyl (C=O) groups excluding carboxylic acids is 1. The lowest BCUT2D eigenvalue weighted by molar-refractivity contribution is 0.0918. The summed E-state index contributed by atoms with van der Waals surface area (Å²) in [6, 6.07) is 4.17. The molecule has 4 rings (SSSR count). The Kier molecular flexibility index (Phi) is 5.41. The van der Waals surface area contributed by atoms with Crippen LogP contribution in [0.15, 0.2) is 23.7 Å². The van der Waals surface area contributed by atoms with Gasteiger partial charge in [-0.1, -0.05) is 30.5 Å². The van der Waals surface area contributed by atoms with Gasteiger partial charge in [0.05, 0.1) is 17.3 Å². The average molecular weight is 391 g/mol. The smallest absolute Gasteiger partial charge is 0.272 e. The van der Waals surface area contributed by atoms with E-state index in [2.05, 4.69) is 31.6 Å². The summed E-state index contributed by atoms with van der Waals surface area (Å²) in [5.41, 5.74) is 0.281. The van der Waals surface area contributed by atoms with Gasteiger partial charge in [0.15, 0.2) is 5.69 Å². The van der Waals surface area contributed by atoms with Crippen molar-refractivity contribution < 1.29 is 4.79 Å². The van der Waals surface area contributed by atoms with Crippen molar-refractivity contribution in [2.45, 2.75) is 44.6 Å². The standard InChI is InChI=1S/C19H23ClN4OS/c20-14-12-21-19(24-9-3-4-10-24)23-17(14)18(25)22-16(13-6-1-2-7-13)15-8-5-11-26-15/h5,8,11-13,16H,1-4,6-7,9-10H2,(H,22,25). The Morgan fingerprint density at radius 2 is 2.04 bits per heavy atom. The fraction of sp³-hybridized carbons (Fsp3) is 0.526. The third-order valence-electron chi connectivity index (χ3n) is 5.34. The van der Waals surface area contributed by atoms with Crippen molar-refractivity contribution in [2.75, 3.05) is 18.0 Å². The van der Waals surface area contributed by atoms with Crippen LogP contribution in [0.25, 0.3) is 0 Å². The van der Waals surface area contributed by atoms with Crippen LogP contribution >= 0.6 is 22.9 Å². The summed E-state index contributed by atoms with van der Waals surface area (Å²) in [5.74, 6) is 0.880. The molecule has 0 spiro atoms. The Bertz CT molecular complexity index is 755. The molecule has 3 heterocycles. The van der Waals surface area contributed by atoms with Crippen LogP contribution in [0, 0.1) is 5.92 Å². The highest BCUT2D eigenvalue weighted by molar-refractivity contribution is 7.10. The maximum absolute atomic E-state index is 13.0. The number of carbonyl (C=O) groups is 1. The number of amides is 1. The molecule has 26 heavy (non-hydrogen) atoms. The molecule has 2 fully saturated rings. The Hall–Kier alpha value is -1.66. The van der Waals surface area contributed by atoms with Crippen LogP contribution in [-0.4, -0.2) is 29.0 Å². The van der Waals surface area contributed by atoms with Crippen LogP contribution < -0.4 is 10.2 Å². The van der Waals surface area contributed by atoms with Gasteiger partial charge in [-0.15, -0.1) is 11.3 Å². The highest BCUT2D eigenvalue weighted by atomic mass is 35.5. The molecule has 1 aliphatic heterocycles. The first-order valence-corrected chi connectivity index (χ1v) is 10.6. The van der Waals surface area contributed by atoms with Gasteiger partial charge in [0, 0.05) is 18.0 Å².